The molecule has 1 heterocycles. The molecule has 1 N–H and O–H groups in total. The Kier molecular flexibility index (Phi) is 3.60. The first kappa shape index (κ1) is 14.6. The van der Waals surface area contributed by atoms with Gasteiger partial charge in [-0.05, 0) is 29.8 Å². The van der Waals surface area contributed by atoms with Gasteiger partial charge in [0.2, 0.25) is 0 Å². The molecule has 0 radical (unpaired) electrons. The molecule has 1 aliphatic rings. The molecule has 6 heteroatoms. The van der Waals surface area contributed by atoms with E-state index in [4.69, 9.17) is 4.74 Å². The molecule has 0 aliphatic carbocycles. The van der Waals surface area contributed by atoms with Crippen LogP contribution < -0.4 is 9.64 Å². The molecule has 22 heavy (non-hydrogen) atoms. The van der Waals surface area contributed by atoms with Crippen LogP contribution in [0.3, 0.4) is 0 Å². The molecule has 0 spiro atoms. The van der Waals surface area contributed by atoms with Crippen molar-refractivity contribution in [3.63, 3.8) is 0 Å². The summed E-state index contributed by atoms with van der Waals surface area (Å²) in [6.45, 7) is 1.56. The number of ether oxygens (including phenoxy) is 1. The van der Waals surface area contributed by atoms with Crippen molar-refractivity contribution in [1.82, 2.24) is 0 Å². The fourth-order valence-electron chi connectivity index (χ4n) is 2.53. The third-order valence-corrected chi connectivity index (χ3v) is 3.57. The summed E-state index contributed by atoms with van der Waals surface area (Å²) < 4.78 is 43.5. The number of rotatable bonds is 2. The van der Waals surface area contributed by atoms with Gasteiger partial charge in [0.15, 0.2) is 0 Å². The summed E-state index contributed by atoms with van der Waals surface area (Å²) >= 11 is 0. The minimum Gasteiger partial charge on any atom is -0.507 e. The van der Waals surface area contributed by atoms with Gasteiger partial charge in [0.05, 0.1) is 17.8 Å². The Morgan fingerprint density at radius 2 is 1.91 bits per heavy atom. The van der Waals surface area contributed by atoms with Gasteiger partial charge in [-0.15, -0.1) is 0 Å². The smallest absolute Gasteiger partial charge is 0.419 e. The lowest BCUT2D eigenvalue weighted by molar-refractivity contribution is -0.138. The quantitative estimate of drug-likeness (QED) is 0.915. The van der Waals surface area contributed by atoms with Crippen molar-refractivity contribution in [3.8, 4) is 11.5 Å². The van der Waals surface area contributed by atoms with Crippen LogP contribution in [0.4, 0.5) is 18.9 Å². The van der Waals surface area contributed by atoms with Gasteiger partial charge in [-0.3, -0.25) is 0 Å². The van der Waals surface area contributed by atoms with Gasteiger partial charge in [0.25, 0.3) is 0 Å². The van der Waals surface area contributed by atoms with E-state index in [2.05, 4.69) is 0 Å². The number of aromatic hydroxyl groups is 1. The summed E-state index contributed by atoms with van der Waals surface area (Å²) in [4.78, 5) is 2.01. The van der Waals surface area contributed by atoms with Crippen LogP contribution in [-0.4, -0.2) is 18.3 Å². The molecule has 0 amide bonds. The van der Waals surface area contributed by atoms with Crippen molar-refractivity contribution in [1.29, 1.82) is 0 Å². The maximum atomic E-state index is 12.6. The molecule has 3 rings (SSSR count). The lowest BCUT2D eigenvalue weighted by atomic mass is 10.1. The molecule has 0 atom stereocenters. The van der Waals surface area contributed by atoms with Gasteiger partial charge in [-0.1, -0.05) is 18.2 Å². The van der Waals surface area contributed by atoms with Crippen LogP contribution in [0.2, 0.25) is 0 Å². The summed E-state index contributed by atoms with van der Waals surface area (Å²) in [5.74, 6) is 0.0106. The summed E-state index contributed by atoms with van der Waals surface area (Å²) in [6, 6.07) is 11.0. The standard InChI is InChI=1S/C16H14F3NO2/c17-16(18,19)12-6-5-11(9-14(12)21)10-20-7-8-22-15-4-2-1-3-13(15)20/h1-6,9,21H,7-8,10H2. The Balaban J connectivity index is 1.84. The highest BCUT2D eigenvalue weighted by Crippen LogP contribution is 2.37. The van der Waals surface area contributed by atoms with Gasteiger partial charge < -0.3 is 14.7 Å². The zero-order chi connectivity index (χ0) is 15.7. The average Bonchev–Trinajstić information content (AvgIpc) is 2.46. The second kappa shape index (κ2) is 5.44. The van der Waals surface area contributed by atoms with Gasteiger partial charge in [-0.2, -0.15) is 13.2 Å². The van der Waals surface area contributed by atoms with Gasteiger partial charge in [0.1, 0.15) is 18.1 Å². The van der Waals surface area contributed by atoms with Crippen molar-refractivity contribution in [2.24, 2.45) is 0 Å². The van der Waals surface area contributed by atoms with E-state index in [-0.39, 0.29) is 0 Å². The predicted molar refractivity (Wildman–Crippen MR) is 76.1 cm³/mol. The van der Waals surface area contributed by atoms with Crippen molar-refractivity contribution < 1.29 is 23.0 Å². The fourth-order valence-corrected chi connectivity index (χ4v) is 2.53. The number of hydrogen-bond acceptors (Lipinski definition) is 3. The number of fused-ring (bicyclic) bond motifs is 1. The summed E-state index contributed by atoms with van der Waals surface area (Å²) in [5.41, 5.74) is 0.494. The summed E-state index contributed by atoms with van der Waals surface area (Å²) in [6.07, 6.45) is -4.55. The van der Waals surface area contributed by atoms with E-state index >= 15 is 0 Å². The number of phenolic OH excluding ortho intramolecular Hbond substituents is 1. The Morgan fingerprint density at radius 3 is 2.64 bits per heavy atom. The molecule has 0 aromatic heterocycles. The lowest BCUT2D eigenvalue weighted by Gasteiger charge is -2.31. The molecule has 0 bridgehead atoms. The number of halogens is 3. The zero-order valence-corrected chi connectivity index (χ0v) is 11.6. The van der Waals surface area contributed by atoms with E-state index < -0.39 is 17.5 Å². The van der Waals surface area contributed by atoms with Crippen LogP contribution >= 0.6 is 0 Å². The van der Waals surface area contributed by atoms with Crippen molar-refractivity contribution in [3.05, 3.63) is 53.6 Å². The zero-order valence-electron chi connectivity index (χ0n) is 11.6. The molecule has 0 fully saturated rings. The molecule has 2 aromatic rings. The van der Waals surface area contributed by atoms with Crippen LogP contribution in [0.5, 0.6) is 11.5 Å². The van der Waals surface area contributed by atoms with Crippen LogP contribution in [0.25, 0.3) is 0 Å². The monoisotopic (exact) mass is 309 g/mol. The van der Waals surface area contributed by atoms with E-state index in [0.29, 0.717) is 25.3 Å². The highest BCUT2D eigenvalue weighted by atomic mass is 19.4. The Morgan fingerprint density at radius 1 is 1.14 bits per heavy atom. The Labute approximate surface area is 125 Å². The molecule has 0 saturated heterocycles. The third kappa shape index (κ3) is 2.81. The SMILES string of the molecule is Oc1cc(CN2CCOc3ccccc32)ccc1C(F)(F)F. The normalized spacial score (nSPS) is 14.4. The van der Waals surface area contributed by atoms with E-state index in [1.165, 1.54) is 12.1 Å². The fraction of sp³-hybridized carbons (Fsp3) is 0.250. The molecule has 0 saturated carbocycles. The summed E-state index contributed by atoms with van der Waals surface area (Å²) in [7, 11) is 0. The van der Waals surface area contributed by atoms with Gasteiger partial charge >= 0.3 is 6.18 Å². The summed E-state index contributed by atoms with van der Waals surface area (Å²) in [5, 5.41) is 9.59. The van der Waals surface area contributed by atoms with Crippen LogP contribution in [0, 0.1) is 0 Å². The highest BCUT2D eigenvalue weighted by molar-refractivity contribution is 5.60. The maximum Gasteiger partial charge on any atom is 0.419 e. The highest BCUT2D eigenvalue weighted by Gasteiger charge is 2.33. The largest absolute Gasteiger partial charge is 0.507 e. The molecular formula is C16H14F3NO2. The minimum atomic E-state index is -4.55. The third-order valence-electron chi connectivity index (χ3n) is 3.57. The lowest BCUT2D eigenvalue weighted by Crippen LogP contribution is -2.32. The van der Waals surface area contributed by atoms with Crippen LogP contribution in [-0.2, 0) is 12.7 Å². The first-order chi connectivity index (χ1) is 10.4. The topological polar surface area (TPSA) is 32.7 Å². The molecule has 1 aliphatic heterocycles. The first-order valence-electron chi connectivity index (χ1n) is 6.81. The van der Waals surface area contributed by atoms with Gasteiger partial charge in [-0.25, -0.2) is 0 Å². The van der Waals surface area contributed by atoms with E-state index in [0.717, 1.165) is 17.5 Å². The number of para-hydroxylation sites is 2. The maximum absolute atomic E-state index is 12.6. The second-order valence-corrected chi connectivity index (χ2v) is 5.09. The van der Waals surface area contributed by atoms with Crippen molar-refractivity contribution in [2.75, 3.05) is 18.1 Å². The minimum absolute atomic E-state index is 0.409. The number of hydrogen-bond donors (Lipinski definition) is 1. The Bertz CT molecular complexity index is 685. The number of nitrogens with zero attached hydrogens (tertiary/aromatic N) is 1. The van der Waals surface area contributed by atoms with Gasteiger partial charge in [0, 0.05) is 6.54 Å². The van der Waals surface area contributed by atoms with E-state index in [9.17, 15) is 18.3 Å². The molecule has 0 unspecified atom stereocenters. The number of phenols is 1. The molecule has 2 aromatic carbocycles. The molecule has 116 valence electrons. The molecule has 3 nitrogen and oxygen atoms in total. The van der Waals surface area contributed by atoms with E-state index in [1.807, 2.05) is 29.2 Å². The van der Waals surface area contributed by atoms with Crippen molar-refractivity contribution in [2.45, 2.75) is 12.7 Å². The van der Waals surface area contributed by atoms with Crippen molar-refractivity contribution >= 4 is 5.69 Å². The van der Waals surface area contributed by atoms with Crippen LogP contribution in [0.15, 0.2) is 42.5 Å². The van der Waals surface area contributed by atoms with Crippen LogP contribution in [0.1, 0.15) is 11.1 Å². The second-order valence-electron chi connectivity index (χ2n) is 5.09. The Hall–Kier alpha value is -2.37. The number of anilines is 1. The number of alkyl halides is 3. The average molecular weight is 309 g/mol. The predicted octanol–water partition coefficient (Wildman–Crippen LogP) is 3.81. The number of benzene rings is 2. The first-order valence-corrected chi connectivity index (χ1v) is 6.81. The molecular weight excluding hydrogens is 295 g/mol. The van der Waals surface area contributed by atoms with E-state index in [1.54, 1.807) is 0 Å².